The van der Waals surface area contributed by atoms with Crippen LogP contribution >= 0.6 is 0 Å². The van der Waals surface area contributed by atoms with Crippen molar-refractivity contribution in [3.63, 3.8) is 0 Å². The van der Waals surface area contributed by atoms with Crippen molar-refractivity contribution in [2.24, 2.45) is 5.92 Å². The van der Waals surface area contributed by atoms with Crippen molar-refractivity contribution < 1.29 is 9.59 Å². The Balaban J connectivity index is 1.51. The van der Waals surface area contributed by atoms with Crippen LogP contribution in [-0.2, 0) is 4.79 Å². The third-order valence-electron chi connectivity index (χ3n) is 4.29. The first kappa shape index (κ1) is 14.9. The topological polar surface area (TPSA) is 75.2 Å². The minimum atomic E-state index is -0.169. The zero-order chi connectivity index (χ0) is 15.7. The quantitative estimate of drug-likeness (QED) is 0.890. The zero-order valence-electron chi connectivity index (χ0n) is 13.1. The number of aromatic nitrogens is 2. The highest BCUT2D eigenvalue weighted by atomic mass is 16.2. The summed E-state index contributed by atoms with van der Waals surface area (Å²) in [6, 6.07) is 0.219. The first-order valence-electron chi connectivity index (χ1n) is 7.94. The number of nitrogens with zero attached hydrogens (tertiary/aromatic N) is 3. The molecule has 2 aliphatic rings. The SMILES string of the molecule is CC(C)N1C[C@@H](CNC(=O)c2cnc(C3CC3)nc2)CC1=O. The summed E-state index contributed by atoms with van der Waals surface area (Å²) in [7, 11) is 0. The second-order valence-electron chi connectivity index (χ2n) is 6.52. The molecule has 1 saturated carbocycles. The number of likely N-dealkylation sites (tertiary alicyclic amines) is 1. The Morgan fingerprint density at radius 1 is 1.36 bits per heavy atom. The molecule has 118 valence electrons. The van der Waals surface area contributed by atoms with E-state index in [2.05, 4.69) is 15.3 Å². The normalized spacial score (nSPS) is 21.5. The molecule has 1 saturated heterocycles. The van der Waals surface area contributed by atoms with Gasteiger partial charge in [-0.2, -0.15) is 0 Å². The van der Waals surface area contributed by atoms with E-state index in [9.17, 15) is 9.59 Å². The molecule has 2 fully saturated rings. The molecule has 0 unspecified atom stereocenters. The number of hydrogen-bond acceptors (Lipinski definition) is 4. The van der Waals surface area contributed by atoms with E-state index in [0.717, 1.165) is 18.7 Å². The van der Waals surface area contributed by atoms with E-state index >= 15 is 0 Å². The molecule has 0 bridgehead atoms. The van der Waals surface area contributed by atoms with Crippen LogP contribution in [0.15, 0.2) is 12.4 Å². The van der Waals surface area contributed by atoms with Gasteiger partial charge in [0.05, 0.1) is 5.56 Å². The highest BCUT2D eigenvalue weighted by Crippen LogP contribution is 2.37. The predicted molar refractivity (Wildman–Crippen MR) is 81.3 cm³/mol. The van der Waals surface area contributed by atoms with Crippen LogP contribution in [0.5, 0.6) is 0 Å². The predicted octanol–water partition coefficient (Wildman–Crippen LogP) is 1.34. The molecule has 2 amide bonds. The summed E-state index contributed by atoms with van der Waals surface area (Å²) in [6.07, 6.45) is 5.99. The fourth-order valence-electron chi connectivity index (χ4n) is 2.79. The van der Waals surface area contributed by atoms with Crippen LogP contribution in [0.1, 0.15) is 55.2 Å². The molecule has 3 rings (SSSR count). The minimum absolute atomic E-state index is 0.169. The van der Waals surface area contributed by atoms with E-state index in [1.807, 2.05) is 18.7 Å². The average Bonchev–Trinajstić information content (AvgIpc) is 3.28. The summed E-state index contributed by atoms with van der Waals surface area (Å²) in [6.45, 7) is 5.25. The smallest absolute Gasteiger partial charge is 0.254 e. The van der Waals surface area contributed by atoms with Gasteiger partial charge < -0.3 is 10.2 Å². The highest BCUT2D eigenvalue weighted by Gasteiger charge is 2.31. The molecule has 1 aliphatic heterocycles. The van der Waals surface area contributed by atoms with E-state index in [0.29, 0.717) is 31.0 Å². The summed E-state index contributed by atoms with van der Waals surface area (Å²) < 4.78 is 0. The maximum absolute atomic E-state index is 12.1. The van der Waals surface area contributed by atoms with Crippen molar-refractivity contribution in [3.05, 3.63) is 23.8 Å². The molecule has 6 heteroatoms. The van der Waals surface area contributed by atoms with Crippen LogP contribution in [0.4, 0.5) is 0 Å². The number of carbonyl (C=O) groups excluding carboxylic acids is 2. The first-order valence-corrected chi connectivity index (χ1v) is 7.94. The lowest BCUT2D eigenvalue weighted by Gasteiger charge is -2.21. The standard InChI is InChI=1S/C16H22N4O2/c1-10(2)20-9-11(5-14(20)21)6-19-16(22)13-7-17-15(18-8-13)12-3-4-12/h7-8,10-12H,3-6,9H2,1-2H3,(H,19,22)/t11-/m1/s1. The van der Waals surface area contributed by atoms with Crippen LogP contribution < -0.4 is 5.32 Å². The van der Waals surface area contributed by atoms with Gasteiger partial charge >= 0.3 is 0 Å². The lowest BCUT2D eigenvalue weighted by atomic mass is 10.1. The van der Waals surface area contributed by atoms with Gasteiger partial charge in [-0.05, 0) is 26.7 Å². The van der Waals surface area contributed by atoms with E-state index in [-0.39, 0.29) is 23.8 Å². The van der Waals surface area contributed by atoms with Crippen LogP contribution in [0, 0.1) is 5.92 Å². The summed E-state index contributed by atoms with van der Waals surface area (Å²) >= 11 is 0. The van der Waals surface area contributed by atoms with Gasteiger partial charge in [0.2, 0.25) is 5.91 Å². The van der Waals surface area contributed by atoms with E-state index < -0.39 is 0 Å². The molecule has 0 radical (unpaired) electrons. The lowest BCUT2D eigenvalue weighted by Crippen LogP contribution is -2.34. The molecule has 1 N–H and O–H groups in total. The van der Waals surface area contributed by atoms with Crippen LogP contribution in [-0.4, -0.2) is 45.8 Å². The maximum atomic E-state index is 12.1. The van der Waals surface area contributed by atoms with E-state index in [1.165, 1.54) is 0 Å². The van der Waals surface area contributed by atoms with Crippen molar-refractivity contribution in [3.8, 4) is 0 Å². The van der Waals surface area contributed by atoms with Crippen molar-refractivity contribution in [1.29, 1.82) is 0 Å². The molecule has 6 nitrogen and oxygen atoms in total. The second-order valence-corrected chi connectivity index (χ2v) is 6.52. The van der Waals surface area contributed by atoms with Crippen LogP contribution in [0.3, 0.4) is 0 Å². The van der Waals surface area contributed by atoms with Gasteiger partial charge in [0.1, 0.15) is 5.82 Å². The lowest BCUT2D eigenvalue weighted by molar-refractivity contribution is -0.129. The molecular formula is C16H22N4O2. The zero-order valence-corrected chi connectivity index (χ0v) is 13.1. The summed E-state index contributed by atoms with van der Waals surface area (Å²) in [4.78, 5) is 34.3. The van der Waals surface area contributed by atoms with Gasteiger partial charge in [0.25, 0.3) is 5.91 Å². The molecule has 1 aromatic heterocycles. The molecule has 22 heavy (non-hydrogen) atoms. The van der Waals surface area contributed by atoms with Crippen molar-refractivity contribution in [2.45, 2.75) is 45.1 Å². The maximum Gasteiger partial charge on any atom is 0.254 e. The van der Waals surface area contributed by atoms with Crippen LogP contribution in [0.25, 0.3) is 0 Å². The Morgan fingerprint density at radius 2 is 2.05 bits per heavy atom. The molecule has 0 spiro atoms. The van der Waals surface area contributed by atoms with E-state index in [1.54, 1.807) is 12.4 Å². The monoisotopic (exact) mass is 302 g/mol. The number of hydrogen-bond donors (Lipinski definition) is 1. The Hall–Kier alpha value is -1.98. The third-order valence-corrected chi connectivity index (χ3v) is 4.29. The van der Waals surface area contributed by atoms with Gasteiger partial charge in [0.15, 0.2) is 0 Å². The summed E-state index contributed by atoms with van der Waals surface area (Å²) in [5.74, 6) is 1.52. The third kappa shape index (κ3) is 3.26. The van der Waals surface area contributed by atoms with Gasteiger partial charge in [-0.25, -0.2) is 9.97 Å². The fraction of sp³-hybridized carbons (Fsp3) is 0.625. The Labute approximate surface area is 130 Å². The second kappa shape index (κ2) is 6.02. The minimum Gasteiger partial charge on any atom is -0.352 e. The molecule has 0 aromatic carbocycles. The first-order chi connectivity index (χ1) is 10.5. The Bertz CT molecular complexity index is 566. The van der Waals surface area contributed by atoms with Crippen molar-refractivity contribution in [1.82, 2.24) is 20.2 Å². The molecule has 2 heterocycles. The molecular weight excluding hydrogens is 280 g/mol. The highest BCUT2D eigenvalue weighted by molar-refractivity contribution is 5.93. The number of amides is 2. The van der Waals surface area contributed by atoms with Crippen molar-refractivity contribution >= 4 is 11.8 Å². The average molecular weight is 302 g/mol. The molecule has 1 atom stereocenters. The van der Waals surface area contributed by atoms with Gasteiger partial charge in [-0.15, -0.1) is 0 Å². The van der Waals surface area contributed by atoms with Gasteiger partial charge in [-0.1, -0.05) is 0 Å². The van der Waals surface area contributed by atoms with Crippen LogP contribution in [0.2, 0.25) is 0 Å². The Kier molecular flexibility index (Phi) is 4.09. The molecule has 1 aliphatic carbocycles. The van der Waals surface area contributed by atoms with Crippen molar-refractivity contribution in [2.75, 3.05) is 13.1 Å². The van der Waals surface area contributed by atoms with E-state index in [4.69, 9.17) is 0 Å². The summed E-state index contributed by atoms with van der Waals surface area (Å²) in [5.41, 5.74) is 0.481. The van der Waals surface area contributed by atoms with Gasteiger partial charge in [-0.3, -0.25) is 9.59 Å². The Morgan fingerprint density at radius 3 is 2.59 bits per heavy atom. The summed E-state index contributed by atoms with van der Waals surface area (Å²) in [5, 5.41) is 2.89. The number of nitrogens with one attached hydrogen (secondary N) is 1. The number of rotatable bonds is 5. The van der Waals surface area contributed by atoms with Gasteiger partial charge in [0, 0.05) is 49.8 Å². The fourth-order valence-corrected chi connectivity index (χ4v) is 2.79. The molecule has 1 aromatic rings. The largest absolute Gasteiger partial charge is 0.352 e. The number of carbonyl (C=O) groups is 2.